The molecule has 20 heteroatoms. The number of fused-ring (bicyclic) bond motifs is 1. The Hall–Kier alpha value is -2.75. The zero-order chi connectivity index (χ0) is 34.4. The third-order valence-corrected chi connectivity index (χ3v) is 9.27. The van der Waals surface area contributed by atoms with E-state index in [9.17, 15) is 40.3 Å². The third-order valence-electron chi connectivity index (χ3n) is 7.43. The number of amides is 4. The van der Waals surface area contributed by atoms with Gasteiger partial charge in [0.2, 0.25) is 0 Å². The van der Waals surface area contributed by atoms with Gasteiger partial charge in [-0.15, -0.1) is 0 Å². The summed E-state index contributed by atoms with van der Waals surface area (Å²) in [5, 5.41) is 7.14. The van der Waals surface area contributed by atoms with Crippen LogP contribution in [0.4, 0.5) is 21.9 Å². The summed E-state index contributed by atoms with van der Waals surface area (Å²) in [5.74, 6) is -1.42. The van der Waals surface area contributed by atoms with Crippen molar-refractivity contribution in [1.82, 2.24) is 14.0 Å². The van der Waals surface area contributed by atoms with E-state index in [0.29, 0.717) is 18.8 Å². The average Bonchev–Trinajstić information content (AvgIpc) is 3.51. The van der Waals surface area contributed by atoms with Crippen LogP contribution in [0.1, 0.15) is 34.8 Å². The minimum Gasteiger partial charge on any atom is -0.744 e. The summed E-state index contributed by atoms with van der Waals surface area (Å²) >= 11 is 0. The van der Waals surface area contributed by atoms with E-state index in [4.69, 9.17) is 4.74 Å². The molecule has 1 aliphatic heterocycles. The topological polar surface area (TPSA) is 224 Å². The van der Waals surface area contributed by atoms with Crippen molar-refractivity contribution in [2.75, 3.05) is 29.0 Å². The van der Waals surface area contributed by atoms with Crippen LogP contribution >= 0.6 is 0 Å². The maximum absolute atomic E-state index is 13.2. The molecule has 0 bridgehead atoms. The Morgan fingerprint density at radius 1 is 0.755 bits per heavy atom. The standard InChI is InChI=1S/C29H32N6O10S2.2Na/c1-16-12-35(13-17(2)45-16)29(38)31-19-11-23(34(4)15-19)27(36)30-18-10-24(33(3)14-18)28(37)32-22-9-8-20-21(26(22)47(42,43)44)6-5-7-25(20)46(39,40)41;;/h5-11,14-17H,12-13H2,1-4H3,(H,30,36)(H,31,38)(H,32,37)(H,39,40,41)(H,42,43,44);;/q;2*+1/p-2. The predicted octanol–water partition coefficient (Wildman–Crippen LogP) is -3.52. The van der Waals surface area contributed by atoms with Crippen LogP contribution in [0.2, 0.25) is 0 Å². The smallest absolute Gasteiger partial charge is 0.744 e. The van der Waals surface area contributed by atoms with Gasteiger partial charge in [-0.3, -0.25) is 9.59 Å². The fraction of sp³-hybridized carbons (Fsp3) is 0.276. The fourth-order valence-corrected chi connectivity index (χ4v) is 7.06. The van der Waals surface area contributed by atoms with Crippen LogP contribution in [0.25, 0.3) is 10.8 Å². The molecule has 16 nitrogen and oxygen atoms in total. The minimum absolute atomic E-state index is 0. The van der Waals surface area contributed by atoms with E-state index >= 15 is 0 Å². The van der Waals surface area contributed by atoms with Crippen LogP contribution in [0.3, 0.4) is 0 Å². The third kappa shape index (κ3) is 9.14. The number of rotatable bonds is 7. The van der Waals surface area contributed by atoms with Crippen molar-refractivity contribution in [3.8, 4) is 0 Å². The molecule has 4 amide bonds. The second-order valence-electron chi connectivity index (χ2n) is 11.2. The number of aromatic nitrogens is 2. The average molecular weight is 733 g/mol. The summed E-state index contributed by atoms with van der Waals surface area (Å²) in [4.78, 5) is 39.1. The van der Waals surface area contributed by atoms with Gasteiger partial charge in [-0.2, -0.15) is 0 Å². The van der Waals surface area contributed by atoms with Crippen molar-refractivity contribution in [3.63, 3.8) is 0 Å². The van der Waals surface area contributed by atoms with E-state index in [2.05, 4.69) is 16.0 Å². The van der Waals surface area contributed by atoms with E-state index in [-0.39, 0.29) is 105 Å². The molecular formula is C29H30N6Na2O10S2. The molecule has 2 aromatic heterocycles. The first-order valence-electron chi connectivity index (χ1n) is 14.1. The van der Waals surface area contributed by atoms with Gasteiger partial charge < -0.3 is 43.8 Å². The molecule has 250 valence electrons. The normalized spacial score (nSPS) is 16.3. The van der Waals surface area contributed by atoms with Crippen LogP contribution in [0.5, 0.6) is 0 Å². The molecule has 0 saturated carbocycles. The Bertz CT molecular complexity index is 2140. The number of benzene rings is 2. The zero-order valence-electron chi connectivity index (χ0n) is 27.5. The molecule has 0 spiro atoms. The number of morpholine rings is 1. The molecule has 49 heavy (non-hydrogen) atoms. The number of nitrogens with one attached hydrogen (secondary N) is 3. The van der Waals surface area contributed by atoms with Gasteiger partial charge in [-0.25, -0.2) is 21.6 Å². The number of hydrogen-bond acceptors (Lipinski definition) is 10. The largest absolute Gasteiger partial charge is 1.00 e. The van der Waals surface area contributed by atoms with Gasteiger partial charge in [0.25, 0.3) is 11.8 Å². The van der Waals surface area contributed by atoms with Gasteiger partial charge in [0.05, 0.1) is 39.1 Å². The quantitative estimate of drug-likeness (QED) is 0.126. The van der Waals surface area contributed by atoms with Crippen molar-refractivity contribution >= 4 is 65.9 Å². The SMILES string of the molecule is CC1CN(C(=O)Nc2cc(C(=O)Nc3cc(C(=O)Nc4ccc5c(S(=O)(=O)[O-])cccc5c4S(=O)(=O)[O-])n(C)c3)n(C)c2)CC(C)O1.[Na+].[Na+]. The number of ether oxygens (including phenoxy) is 1. The maximum Gasteiger partial charge on any atom is 1.00 e. The molecular weight excluding hydrogens is 702 g/mol. The number of anilines is 3. The van der Waals surface area contributed by atoms with Crippen molar-refractivity contribution < 1.29 is 104 Å². The van der Waals surface area contributed by atoms with Crippen molar-refractivity contribution in [3.05, 3.63) is 66.2 Å². The van der Waals surface area contributed by atoms with Crippen molar-refractivity contribution in [2.24, 2.45) is 14.1 Å². The first kappa shape index (κ1) is 40.7. The molecule has 2 unspecified atom stereocenters. The Morgan fingerprint density at radius 3 is 1.82 bits per heavy atom. The van der Waals surface area contributed by atoms with Crippen LogP contribution < -0.4 is 75.1 Å². The summed E-state index contributed by atoms with van der Waals surface area (Å²) in [6.07, 6.45) is 2.77. The number of carbonyl (C=O) groups is 3. The van der Waals surface area contributed by atoms with Crippen LogP contribution in [-0.2, 0) is 39.1 Å². The van der Waals surface area contributed by atoms with Crippen LogP contribution in [0, 0.1) is 0 Å². The first-order chi connectivity index (χ1) is 21.9. The van der Waals surface area contributed by atoms with E-state index in [1.807, 2.05) is 13.8 Å². The van der Waals surface area contributed by atoms with Gasteiger partial charge in [-0.05, 0) is 38.1 Å². The Labute approximate surface area is 326 Å². The molecule has 0 radical (unpaired) electrons. The molecule has 3 N–H and O–H groups in total. The molecule has 1 saturated heterocycles. The molecule has 1 aliphatic rings. The van der Waals surface area contributed by atoms with Gasteiger partial charge in [-0.1, -0.05) is 18.2 Å². The van der Waals surface area contributed by atoms with Crippen LogP contribution in [-0.4, -0.2) is 83.1 Å². The summed E-state index contributed by atoms with van der Waals surface area (Å²) in [5.41, 5.74) is 0.302. The van der Waals surface area contributed by atoms with E-state index < -0.39 is 47.5 Å². The summed E-state index contributed by atoms with van der Waals surface area (Å²) < 4.78 is 80.4. The number of urea groups is 1. The Kier molecular flexibility index (Phi) is 13.0. The minimum atomic E-state index is -5.29. The van der Waals surface area contributed by atoms with Gasteiger partial charge >= 0.3 is 65.1 Å². The molecule has 3 heterocycles. The molecule has 2 aromatic carbocycles. The van der Waals surface area contributed by atoms with E-state index in [0.717, 1.165) is 30.3 Å². The number of aryl methyl sites for hydroxylation is 2. The van der Waals surface area contributed by atoms with E-state index in [1.165, 1.54) is 34.5 Å². The molecule has 2 atom stereocenters. The molecule has 1 fully saturated rings. The zero-order valence-corrected chi connectivity index (χ0v) is 33.1. The van der Waals surface area contributed by atoms with E-state index in [1.54, 1.807) is 18.1 Å². The second kappa shape index (κ2) is 15.6. The van der Waals surface area contributed by atoms with Crippen molar-refractivity contribution in [2.45, 2.75) is 35.8 Å². The second-order valence-corrected chi connectivity index (χ2v) is 13.8. The van der Waals surface area contributed by atoms with Gasteiger partial charge in [0, 0.05) is 50.4 Å². The monoisotopic (exact) mass is 732 g/mol. The number of hydrogen-bond donors (Lipinski definition) is 3. The van der Waals surface area contributed by atoms with Gasteiger partial charge in [0.1, 0.15) is 31.6 Å². The number of carbonyl (C=O) groups excluding carboxylic acids is 3. The Morgan fingerprint density at radius 2 is 1.29 bits per heavy atom. The summed E-state index contributed by atoms with van der Waals surface area (Å²) in [7, 11) is -7.19. The Balaban J connectivity index is 0.00000325. The molecule has 5 rings (SSSR count). The first-order valence-corrected chi connectivity index (χ1v) is 16.9. The predicted molar refractivity (Wildman–Crippen MR) is 167 cm³/mol. The number of nitrogens with zero attached hydrogens (tertiary/aromatic N) is 3. The summed E-state index contributed by atoms with van der Waals surface area (Å²) in [6, 6.07) is 7.82. The van der Waals surface area contributed by atoms with Crippen molar-refractivity contribution in [1.29, 1.82) is 0 Å². The molecule has 4 aromatic rings. The maximum atomic E-state index is 13.2. The summed E-state index contributed by atoms with van der Waals surface area (Å²) in [6.45, 7) is 4.59. The molecule has 0 aliphatic carbocycles. The van der Waals surface area contributed by atoms with Crippen LogP contribution in [0.15, 0.2) is 64.6 Å². The fourth-order valence-electron chi connectivity index (χ4n) is 5.53. The van der Waals surface area contributed by atoms with Gasteiger partial charge in [0.15, 0.2) is 0 Å².